The van der Waals surface area contributed by atoms with Gasteiger partial charge in [0.05, 0.1) is 11.0 Å². The maximum absolute atomic E-state index is 12.3. The van der Waals surface area contributed by atoms with Gasteiger partial charge in [0.2, 0.25) is 10.0 Å². The Morgan fingerprint density at radius 1 is 1.47 bits per heavy atom. The monoisotopic (exact) mass is 319 g/mol. The van der Waals surface area contributed by atoms with E-state index in [1.54, 1.807) is 18.2 Å². The summed E-state index contributed by atoms with van der Waals surface area (Å²) in [5, 5.41) is 9.41. The van der Waals surface area contributed by atoms with Crippen LogP contribution in [0.3, 0.4) is 0 Å². The summed E-state index contributed by atoms with van der Waals surface area (Å²) >= 11 is 3.28. The van der Waals surface area contributed by atoms with E-state index in [-0.39, 0.29) is 11.4 Å². The van der Waals surface area contributed by atoms with Gasteiger partial charge in [-0.1, -0.05) is 6.07 Å². The van der Waals surface area contributed by atoms with Gasteiger partial charge in [0.15, 0.2) is 0 Å². The van der Waals surface area contributed by atoms with Gasteiger partial charge in [-0.15, -0.1) is 0 Å². The molecule has 1 saturated heterocycles. The number of aliphatic hydroxyl groups is 1. The second-order valence-electron chi connectivity index (χ2n) is 4.24. The average molecular weight is 320 g/mol. The van der Waals surface area contributed by atoms with Crippen LogP contribution in [-0.4, -0.2) is 37.0 Å². The number of aryl methyl sites for hydroxylation is 1. The van der Waals surface area contributed by atoms with Crippen molar-refractivity contribution in [1.29, 1.82) is 0 Å². The van der Waals surface area contributed by atoms with Crippen LogP contribution in [0.25, 0.3) is 0 Å². The molecule has 0 bridgehead atoms. The summed E-state index contributed by atoms with van der Waals surface area (Å²) in [6, 6.07) is 5.14. The summed E-state index contributed by atoms with van der Waals surface area (Å²) in [4.78, 5) is 0.261. The number of hydrogen-bond donors (Lipinski definition) is 1. The lowest BCUT2D eigenvalue weighted by molar-refractivity contribution is 0.189. The van der Waals surface area contributed by atoms with E-state index in [1.165, 1.54) is 4.31 Å². The Bertz CT molecular complexity index is 530. The van der Waals surface area contributed by atoms with Crippen LogP contribution in [0, 0.1) is 6.92 Å². The van der Waals surface area contributed by atoms with Crippen LogP contribution in [0.15, 0.2) is 27.6 Å². The molecule has 0 aromatic heterocycles. The molecule has 2 rings (SSSR count). The first-order chi connectivity index (χ1) is 7.91. The van der Waals surface area contributed by atoms with Crippen LogP contribution in [0.5, 0.6) is 0 Å². The fourth-order valence-corrected chi connectivity index (χ4v) is 4.53. The maximum atomic E-state index is 12.3. The lowest BCUT2D eigenvalue weighted by atomic mass is 10.2. The third-order valence-electron chi connectivity index (χ3n) is 2.83. The Morgan fingerprint density at radius 3 is 2.71 bits per heavy atom. The molecule has 1 atom stereocenters. The standard InChI is InChI=1S/C11H14BrNO3S/c1-8-2-3-11(10(12)6-8)17(15,16)13-5-4-9(14)7-13/h2-3,6,9,14H,4-5,7H2,1H3/t9-/m0/s1. The zero-order chi connectivity index (χ0) is 12.6. The maximum Gasteiger partial charge on any atom is 0.244 e. The first kappa shape index (κ1) is 13.0. The quantitative estimate of drug-likeness (QED) is 0.899. The average Bonchev–Trinajstić information content (AvgIpc) is 2.64. The van der Waals surface area contributed by atoms with Gasteiger partial charge in [0, 0.05) is 17.6 Å². The Balaban J connectivity index is 2.38. The molecular formula is C11H14BrNO3S. The number of nitrogens with zero attached hydrogens (tertiary/aromatic N) is 1. The van der Waals surface area contributed by atoms with Gasteiger partial charge in [-0.2, -0.15) is 4.31 Å². The normalized spacial score (nSPS) is 21.9. The first-order valence-electron chi connectivity index (χ1n) is 5.35. The highest BCUT2D eigenvalue weighted by atomic mass is 79.9. The minimum absolute atomic E-state index is 0.183. The molecule has 0 radical (unpaired) electrons. The summed E-state index contributed by atoms with van der Waals surface area (Å²) in [5.41, 5.74) is 0.997. The molecule has 1 aromatic carbocycles. The van der Waals surface area contributed by atoms with Gasteiger partial charge in [-0.05, 0) is 47.0 Å². The zero-order valence-electron chi connectivity index (χ0n) is 9.43. The van der Waals surface area contributed by atoms with Crippen molar-refractivity contribution in [2.75, 3.05) is 13.1 Å². The van der Waals surface area contributed by atoms with Crippen molar-refractivity contribution in [1.82, 2.24) is 4.31 Å². The number of sulfonamides is 1. The van der Waals surface area contributed by atoms with Crippen LogP contribution >= 0.6 is 15.9 Å². The van der Waals surface area contributed by atoms with Crippen molar-refractivity contribution in [3.8, 4) is 0 Å². The van der Waals surface area contributed by atoms with E-state index in [2.05, 4.69) is 15.9 Å². The molecule has 1 aliphatic heterocycles. The summed E-state index contributed by atoms with van der Waals surface area (Å²) in [7, 11) is -3.49. The number of rotatable bonds is 2. The van der Waals surface area contributed by atoms with E-state index >= 15 is 0 Å². The summed E-state index contributed by atoms with van der Waals surface area (Å²) < 4.78 is 26.5. The zero-order valence-corrected chi connectivity index (χ0v) is 11.8. The van der Waals surface area contributed by atoms with E-state index in [0.717, 1.165) is 5.56 Å². The highest BCUT2D eigenvalue weighted by Gasteiger charge is 2.32. The Kier molecular flexibility index (Phi) is 3.58. The minimum atomic E-state index is -3.49. The summed E-state index contributed by atoms with van der Waals surface area (Å²) in [6.07, 6.45) is -0.0445. The summed E-state index contributed by atoms with van der Waals surface area (Å²) in [6.45, 7) is 2.47. The van der Waals surface area contributed by atoms with Gasteiger partial charge >= 0.3 is 0 Å². The molecule has 0 saturated carbocycles. The molecule has 0 unspecified atom stereocenters. The van der Waals surface area contributed by atoms with Gasteiger partial charge in [0.1, 0.15) is 0 Å². The molecule has 0 aliphatic carbocycles. The number of aliphatic hydroxyl groups excluding tert-OH is 1. The van der Waals surface area contributed by atoms with Gasteiger partial charge in [-0.3, -0.25) is 0 Å². The Hall–Kier alpha value is -0.430. The van der Waals surface area contributed by atoms with E-state index in [4.69, 9.17) is 0 Å². The molecule has 1 aliphatic rings. The van der Waals surface area contributed by atoms with Crippen molar-refractivity contribution in [2.24, 2.45) is 0 Å². The van der Waals surface area contributed by atoms with Crippen LogP contribution in [0.1, 0.15) is 12.0 Å². The third-order valence-corrected chi connectivity index (χ3v) is 5.67. The molecule has 94 valence electrons. The van der Waals surface area contributed by atoms with Gasteiger partial charge < -0.3 is 5.11 Å². The number of benzene rings is 1. The SMILES string of the molecule is Cc1ccc(S(=O)(=O)N2CC[C@H](O)C2)c(Br)c1. The molecule has 0 spiro atoms. The molecule has 1 fully saturated rings. The predicted octanol–water partition coefficient (Wildman–Crippen LogP) is 1.51. The second-order valence-corrected chi connectivity index (χ2v) is 7.00. The topological polar surface area (TPSA) is 57.6 Å². The molecule has 6 heteroatoms. The van der Waals surface area contributed by atoms with Crippen molar-refractivity contribution in [3.05, 3.63) is 28.2 Å². The van der Waals surface area contributed by atoms with Crippen LogP contribution in [-0.2, 0) is 10.0 Å². The molecule has 17 heavy (non-hydrogen) atoms. The summed E-state index contributed by atoms with van der Waals surface area (Å²) in [5.74, 6) is 0. The molecule has 1 aromatic rings. The lowest BCUT2D eigenvalue weighted by Crippen LogP contribution is -2.29. The molecular weight excluding hydrogens is 306 g/mol. The largest absolute Gasteiger partial charge is 0.392 e. The minimum Gasteiger partial charge on any atom is -0.392 e. The molecule has 4 nitrogen and oxygen atoms in total. The highest BCUT2D eigenvalue weighted by molar-refractivity contribution is 9.10. The fourth-order valence-electron chi connectivity index (χ4n) is 1.88. The van der Waals surface area contributed by atoms with Crippen LogP contribution in [0.2, 0.25) is 0 Å². The molecule has 1 heterocycles. The Labute approximate surface area is 109 Å². The number of hydrogen-bond acceptors (Lipinski definition) is 3. The second kappa shape index (κ2) is 4.68. The van der Waals surface area contributed by atoms with Gasteiger partial charge in [-0.25, -0.2) is 8.42 Å². The number of halogens is 1. The Morgan fingerprint density at radius 2 is 2.18 bits per heavy atom. The fraction of sp³-hybridized carbons (Fsp3) is 0.455. The van der Waals surface area contributed by atoms with Crippen molar-refractivity contribution >= 4 is 26.0 Å². The molecule has 1 N–H and O–H groups in total. The van der Waals surface area contributed by atoms with E-state index in [9.17, 15) is 13.5 Å². The number of β-amino-alcohol motifs (C(OH)–C–C–N with tert-alkyl or cyclic N) is 1. The molecule has 0 amide bonds. The lowest BCUT2D eigenvalue weighted by Gasteiger charge is -2.16. The van der Waals surface area contributed by atoms with Gasteiger partial charge in [0.25, 0.3) is 0 Å². The first-order valence-corrected chi connectivity index (χ1v) is 7.59. The van der Waals surface area contributed by atoms with E-state index in [1.807, 2.05) is 6.92 Å². The van der Waals surface area contributed by atoms with Crippen LogP contribution in [0.4, 0.5) is 0 Å². The predicted molar refractivity (Wildman–Crippen MR) is 68.3 cm³/mol. The van der Waals surface area contributed by atoms with Crippen molar-refractivity contribution < 1.29 is 13.5 Å². The smallest absolute Gasteiger partial charge is 0.244 e. The van der Waals surface area contributed by atoms with Crippen molar-refractivity contribution in [2.45, 2.75) is 24.3 Å². The highest BCUT2D eigenvalue weighted by Crippen LogP contribution is 2.28. The third kappa shape index (κ3) is 2.54. The van der Waals surface area contributed by atoms with E-state index in [0.29, 0.717) is 17.4 Å². The van der Waals surface area contributed by atoms with Crippen molar-refractivity contribution in [3.63, 3.8) is 0 Å². The van der Waals surface area contributed by atoms with E-state index < -0.39 is 16.1 Å². The van der Waals surface area contributed by atoms with Crippen LogP contribution < -0.4 is 0 Å².